The van der Waals surface area contributed by atoms with Crippen LogP contribution in [0.1, 0.15) is 59.3 Å². The zero-order valence-electron chi connectivity index (χ0n) is 14.2. The molecule has 4 heteroatoms. The molecule has 4 nitrogen and oxygen atoms in total. The minimum atomic E-state index is -0.577. The summed E-state index contributed by atoms with van der Waals surface area (Å²) in [5.74, 6) is 0.698. The molecule has 0 heterocycles. The molecule has 2 rings (SSSR count). The number of rotatable bonds is 7. The Morgan fingerprint density at radius 2 is 2.05 bits per heavy atom. The van der Waals surface area contributed by atoms with Gasteiger partial charge in [-0.2, -0.15) is 0 Å². The van der Waals surface area contributed by atoms with Crippen LogP contribution in [0, 0.1) is 5.92 Å². The average Bonchev–Trinajstić information content (AvgIpc) is 3.22. The summed E-state index contributed by atoms with van der Waals surface area (Å²) in [6.07, 6.45) is 7.52. The zero-order chi connectivity index (χ0) is 15.5. The average molecular weight is 296 g/mol. The lowest BCUT2D eigenvalue weighted by Gasteiger charge is -2.39. The first-order valence-electron chi connectivity index (χ1n) is 8.59. The predicted molar refractivity (Wildman–Crippen MR) is 85.2 cm³/mol. The quantitative estimate of drug-likeness (QED) is 0.733. The van der Waals surface area contributed by atoms with Gasteiger partial charge in [-0.3, -0.25) is 10.1 Å². The lowest BCUT2D eigenvalue weighted by atomic mass is 9.85. The van der Waals surface area contributed by atoms with Gasteiger partial charge in [0.1, 0.15) is 5.54 Å². The third-order valence-electron chi connectivity index (χ3n) is 4.92. The highest BCUT2D eigenvalue weighted by molar-refractivity contribution is 5.80. The van der Waals surface area contributed by atoms with Crippen LogP contribution < -0.4 is 5.32 Å². The first-order valence-corrected chi connectivity index (χ1v) is 8.59. The van der Waals surface area contributed by atoms with Crippen molar-refractivity contribution in [3.8, 4) is 0 Å². The Labute approximate surface area is 129 Å². The maximum absolute atomic E-state index is 12.4. The van der Waals surface area contributed by atoms with Crippen LogP contribution in [-0.4, -0.2) is 48.7 Å². The zero-order valence-corrected chi connectivity index (χ0v) is 14.2. The summed E-state index contributed by atoms with van der Waals surface area (Å²) in [5, 5.41) is 3.52. The summed E-state index contributed by atoms with van der Waals surface area (Å²) in [6.45, 7) is 7.41. The maximum atomic E-state index is 12.4. The van der Waals surface area contributed by atoms with Gasteiger partial charge in [-0.15, -0.1) is 0 Å². The molecule has 2 aliphatic carbocycles. The SMILES string of the molecule is CCOC(=O)C(C)(CN(C)C1CCCC(C)C1)NC1CC1. The van der Waals surface area contributed by atoms with E-state index in [2.05, 4.69) is 24.2 Å². The number of esters is 1. The number of nitrogens with one attached hydrogen (secondary N) is 1. The molecule has 0 bridgehead atoms. The van der Waals surface area contributed by atoms with Gasteiger partial charge in [-0.1, -0.05) is 19.8 Å². The Hall–Kier alpha value is -0.610. The molecule has 0 radical (unpaired) electrons. The van der Waals surface area contributed by atoms with Gasteiger partial charge in [-0.25, -0.2) is 0 Å². The third kappa shape index (κ3) is 4.68. The molecule has 3 atom stereocenters. The van der Waals surface area contributed by atoms with E-state index in [9.17, 15) is 4.79 Å². The van der Waals surface area contributed by atoms with Crippen molar-refractivity contribution in [2.45, 2.75) is 76.9 Å². The highest BCUT2D eigenvalue weighted by Crippen LogP contribution is 2.29. The summed E-state index contributed by atoms with van der Waals surface area (Å²) in [5.41, 5.74) is -0.577. The molecular formula is C17H32N2O2. The van der Waals surface area contributed by atoms with E-state index in [1.165, 1.54) is 38.5 Å². The van der Waals surface area contributed by atoms with Gasteiger partial charge in [0, 0.05) is 18.6 Å². The van der Waals surface area contributed by atoms with Gasteiger partial charge < -0.3 is 9.64 Å². The lowest BCUT2D eigenvalue weighted by Crippen LogP contribution is -2.59. The summed E-state index contributed by atoms with van der Waals surface area (Å²) >= 11 is 0. The summed E-state index contributed by atoms with van der Waals surface area (Å²) in [4.78, 5) is 14.8. The fraction of sp³-hybridized carbons (Fsp3) is 0.941. The van der Waals surface area contributed by atoms with Crippen LogP contribution in [0.4, 0.5) is 0 Å². The largest absolute Gasteiger partial charge is 0.465 e. The molecule has 2 aliphatic rings. The number of nitrogens with zero attached hydrogens (tertiary/aromatic N) is 1. The van der Waals surface area contributed by atoms with Gasteiger partial charge in [-0.05, 0) is 52.5 Å². The maximum Gasteiger partial charge on any atom is 0.327 e. The molecule has 3 unspecified atom stereocenters. The van der Waals surface area contributed by atoms with Crippen LogP contribution in [0.15, 0.2) is 0 Å². The number of carbonyl (C=O) groups is 1. The molecule has 0 aromatic rings. The van der Waals surface area contributed by atoms with Crippen molar-refractivity contribution in [1.29, 1.82) is 0 Å². The molecule has 122 valence electrons. The van der Waals surface area contributed by atoms with Crippen molar-refractivity contribution in [1.82, 2.24) is 10.2 Å². The molecule has 2 saturated carbocycles. The van der Waals surface area contributed by atoms with Crippen molar-refractivity contribution < 1.29 is 9.53 Å². The molecule has 0 aromatic heterocycles. The third-order valence-corrected chi connectivity index (χ3v) is 4.92. The standard InChI is InChI=1S/C17H32N2O2/c1-5-21-16(20)17(3,18-14-9-10-14)12-19(4)15-8-6-7-13(2)11-15/h13-15,18H,5-12H2,1-4H3. The van der Waals surface area contributed by atoms with Crippen molar-refractivity contribution in [3.63, 3.8) is 0 Å². The van der Waals surface area contributed by atoms with E-state index in [1.54, 1.807) is 0 Å². The number of carbonyl (C=O) groups excluding carboxylic acids is 1. The van der Waals surface area contributed by atoms with Gasteiger partial charge in [0.05, 0.1) is 6.61 Å². The summed E-state index contributed by atoms with van der Waals surface area (Å²) < 4.78 is 5.32. The smallest absolute Gasteiger partial charge is 0.327 e. The van der Waals surface area contributed by atoms with Crippen molar-refractivity contribution >= 4 is 5.97 Å². The van der Waals surface area contributed by atoms with Gasteiger partial charge in [0.2, 0.25) is 0 Å². The van der Waals surface area contributed by atoms with E-state index in [0.717, 1.165) is 12.5 Å². The Balaban J connectivity index is 1.97. The minimum Gasteiger partial charge on any atom is -0.465 e. The van der Waals surface area contributed by atoms with Crippen LogP contribution in [0.2, 0.25) is 0 Å². The highest BCUT2D eigenvalue weighted by Gasteiger charge is 2.41. The van der Waals surface area contributed by atoms with E-state index in [1.807, 2.05) is 13.8 Å². The number of hydrogen-bond acceptors (Lipinski definition) is 4. The topological polar surface area (TPSA) is 41.6 Å². The molecule has 1 N–H and O–H groups in total. The molecule has 2 fully saturated rings. The summed E-state index contributed by atoms with van der Waals surface area (Å²) in [6, 6.07) is 1.10. The second kappa shape index (κ2) is 7.10. The van der Waals surface area contributed by atoms with E-state index in [-0.39, 0.29) is 5.97 Å². The fourth-order valence-electron chi connectivity index (χ4n) is 3.57. The highest BCUT2D eigenvalue weighted by atomic mass is 16.5. The second-order valence-electron chi connectivity index (χ2n) is 7.31. The first kappa shape index (κ1) is 16.8. The summed E-state index contributed by atoms with van der Waals surface area (Å²) in [7, 11) is 2.16. The van der Waals surface area contributed by atoms with E-state index >= 15 is 0 Å². The fourth-order valence-corrected chi connectivity index (χ4v) is 3.57. The van der Waals surface area contributed by atoms with Gasteiger partial charge in [0.25, 0.3) is 0 Å². The Morgan fingerprint density at radius 1 is 1.33 bits per heavy atom. The van der Waals surface area contributed by atoms with Crippen LogP contribution in [0.5, 0.6) is 0 Å². The molecular weight excluding hydrogens is 264 g/mol. The molecule has 21 heavy (non-hydrogen) atoms. The van der Waals surface area contributed by atoms with E-state index in [0.29, 0.717) is 18.7 Å². The van der Waals surface area contributed by atoms with Gasteiger partial charge in [0.15, 0.2) is 0 Å². The molecule has 0 saturated heterocycles. The number of ether oxygens (including phenoxy) is 1. The predicted octanol–water partition coefficient (Wildman–Crippen LogP) is 2.57. The van der Waals surface area contributed by atoms with Gasteiger partial charge >= 0.3 is 5.97 Å². The van der Waals surface area contributed by atoms with Crippen molar-refractivity contribution in [2.24, 2.45) is 5.92 Å². The molecule has 0 spiro atoms. The number of likely N-dealkylation sites (N-methyl/N-ethyl adjacent to an activating group) is 1. The second-order valence-corrected chi connectivity index (χ2v) is 7.31. The van der Waals surface area contributed by atoms with Crippen LogP contribution in [-0.2, 0) is 9.53 Å². The molecule has 0 amide bonds. The monoisotopic (exact) mass is 296 g/mol. The Bertz CT molecular complexity index is 357. The normalized spacial score (nSPS) is 29.2. The first-order chi connectivity index (χ1) is 9.94. The Morgan fingerprint density at radius 3 is 2.62 bits per heavy atom. The van der Waals surface area contributed by atoms with Crippen molar-refractivity contribution in [3.05, 3.63) is 0 Å². The van der Waals surface area contributed by atoms with Crippen LogP contribution in [0.25, 0.3) is 0 Å². The van der Waals surface area contributed by atoms with Crippen LogP contribution >= 0.6 is 0 Å². The molecule has 0 aliphatic heterocycles. The van der Waals surface area contributed by atoms with Crippen LogP contribution in [0.3, 0.4) is 0 Å². The van der Waals surface area contributed by atoms with Crippen molar-refractivity contribution in [2.75, 3.05) is 20.2 Å². The number of hydrogen-bond donors (Lipinski definition) is 1. The lowest BCUT2D eigenvalue weighted by molar-refractivity contribution is -0.151. The van der Waals surface area contributed by atoms with E-state index < -0.39 is 5.54 Å². The van der Waals surface area contributed by atoms with E-state index in [4.69, 9.17) is 4.74 Å². The Kier molecular flexibility index (Phi) is 5.67. The minimum absolute atomic E-state index is 0.104. The molecule has 0 aromatic carbocycles.